The first kappa shape index (κ1) is 14.6. The van der Waals surface area contributed by atoms with Gasteiger partial charge in [0.15, 0.2) is 11.6 Å². The lowest BCUT2D eigenvalue weighted by Gasteiger charge is -2.09. The minimum absolute atomic E-state index is 0.0636. The van der Waals surface area contributed by atoms with Crippen molar-refractivity contribution >= 4 is 17.6 Å². The molecule has 0 fully saturated rings. The number of aromatic nitrogens is 1. The van der Waals surface area contributed by atoms with Crippen molar-refractivity contribution in [2.45, 2.75) is 6.42 Å². The van der Waals surface area contributed by atoms with Crippen LogP contribution in [0.5, 0.6) is 0 Å². The van der Waals surface area contributed by atoms with Crippen molar-refractivity contribution in [1.82, 2.24) is 4.98 Å². The van der Waals surface area contributed by atoms with Gasteiger partial charge in [-0.2, -0.15) is 0 Å². The van der Waals surface area contributed by atoms with Crippen LogP contribution in [0.15, 0.2) is 36.7 Å². The number of rotatable bonds is 4. The Labute approximate surface area is 118 Å². The van der Waals surface area contributed by atoms with Crippen LogP contribution in [-0.2, 0) is 11.2 Å². The number of pyridine rings is 1. The molecule has 0 unspecified atom stereocenters. The number of amides is 1. The van der Waals surface area contributed by atoms with Gasteiger partial charge in [-0.3, -0.25) is 9.78 Å². The molecule has 1 aromatic heterocycles. The molecule has 21 heavy (non-hydrogen) atoms. The van der Waals surface area contributed by atoms with Gasteiger partial charge in [0.05, 0.1) is 17.7 Å². The van der Waals surface area contributed by atoms with Gasteiger partial charge in [-0.15, -0.1) is 0 Å². The number of hydrogen-bond donors (Lipinski definition) is 2. The van der Waals surface area contributed by atoms with Crippen LogP contribution >= 0.6 is 0 Å². The van der Waals surface area contributed by atoms with Gasteiger partial charge >= 0.3 is 5.97 Å². The van der Waals surface area contributed by atoms with E-state index in [1.165, 1.54) is 6.20 Å². The number of benzene rings is 1. The Morgan fingerprint density at radius 3 is 2.57 bits per heavy atom. The van der Waals surface area contributed by atoms with E-state index >= 15 is 0 Å². The Hall–Kier alpha value is -2.83. The summed E-state index contributed by atoms with van der Waals surface area (Å²) in [6.45, 7) is 0. The molecule has 1 amide bonds. The van der Waals surface area contributed by atoms with Crippen molar-refractivity contribution in [2.24, 2.45) is 0 Å². The number of aromatic carboxylic acids is 1. The summed E-state index contributed by atoms with van der Waals surface area (Å²) in [5, 5.41) is 11.2. The molecule has 0 saturated heterocycles. The van der Waals surface area contributed by atoms with E-state index in [-0.39, 0.29) is 12.1 Å². The highest BCUT2D eigenvalue weighted by molar-refractivity contribution is 6.01. The highest BCUT2D eigenvalue weighted by Gasteiger charge is 2.17. The number of nitrogens with one attached hydrogen (secondary N) is 1. The standard InChI is InChI=1S/C14H10F2N2O3/c15-10-5-9(14(20)21)12(6-11(10)16)18-13(19)4-8-2-1-3-17-7-8/h1-3,5-7H,4H2,(H,18,19)(H,20,21). The number of carbonyl (C=O) groups is 2. The minimum atomic E-state index is -1.47. The number of carboxylic acid groups (broad SMARTS) is 1. The van der Waals surface area contributed by atoms with Crippen molar-refractivity contribution in [2.75, 3.05) is 5.32 Å². The van der Waals surface area contributed by atoms with E-state index in [1.54, 1.807) is 18.3 Å². The molecule has 0 radical (unpaired) electrons. The van der Waals surface area contributed by atoms with Crippen LogP contribution in [-0.4, -0.2) is 22.0 Å². The third-order valence-electron chi connectivity index (χ3n) is 2.65. The number of halogens is 2. The third-order valence-corrected chi connectivity index (χ3v) is 2.65. The van der Waals surface area contributed by atoms with E-state index in [1.807, 2.05) is 0 Å². The smallest absolute Gasteiger partial charge is 0.337 e. The van der Waals surface area contributed by atoms with Crippen LogP contribution in [0.3, 0.4) is 0 Å². The Morgan fingerprint density at radius 1 is 1.24 bits per heavy atom. The number of nitrogens with zero attached hydrogens (tertiary/aromatic N) is 1. The molecule has 0 saturated carbocycles. The Balaban J connectivity index is 2.21. The molecule has 0 atom stereocenters. The lowest BCUT2D eigenvalue weighted by atomic mass is 10.1. The fourth-order valence-corrected chi connectivity index (χ4v) is 1.71. The largest absolute Gasteiger partial charge is 0.478 e. The molecule has 7 heteroatoms. The van der Waals surface area contributed by atoms with Crippen LogP contribution in [0.25, 0.3) is 0 Å². The number of hydrogen-bond acceptors (Lipinski definition) is 3. The van der Waals surface area contributed by atoms with Crippen LogP contribution < -0.4 is 5.32 Å². The molecule has 108 valence electrons. The maximum Gasteiger partial charge on any atom is 0.337 e. The molecule has 2 aromatic rings. The van der Waals surface area contributed by atoms with Crippen molar-refractivity contribution in [3.63, 3.8) is 0 Å². The molecule has 0 bridgehead atoms. The summed E-state index contributed by atoms with van der Waals surface area (Å²) >= 11 is 0. The zero-order valence-electron chi connectivity index (χ0n) is 10.6. The topological polar surface area (TPSA) is 79.3 Å². The van der Waals surface area contributed by atoms with Gasteiger partial charge in [0.2, 0.25) is 5.91 Å². The zero-order valence-corrected chi connectivity index (χ0v) is 10.6. The number of carbonyl (C=O) groups excluding carboxylic acids is 1. The van der Waals surface area contributed by atoms with E-state index in [0.29, 0.717) is 17.7 Å². The van der Waals surface area contributed by atoms with Gasteiger partial charge in [0.25, 0.3) is 0 Å². The lowest BCUT2D eigenvalue weighted by Crippen LogP contribution is -2.17. The highest BCUT2D eigenvalue weighted by Crippen LogP contribution is 2.20. The quantitative estimate of drug-likeness (QED) is 0.905. The summed E-state index contributed by atoms with van der Waals surface area (Å²) in [4.78, 5) is 26.6. The first-order valence-corrected chi connectivity index (χ1v) is 5.88. The average molecular weight is 292 g/mol. The summed E-state index contributed by atoms with van der Waals surface area (Å²) in [6, 6.07) is 4.47. The van der Waals surface area contributed by atoms with Crippen LogP contribution in [0, 0.1) is 11.6 Å². The first-order valence-electron chi connectivity index (χ1n) is 5.88. The molecule has 0 aliphatic heterocycles. The summed E-state index contributed by atoms with van der Waals surface area (Å²) in [5.74, 6) is -4.56. The summed E-state index contributed by atoms with van der Waals surface area (Å²) in [6.07, 6.45) is 2.95. The number of anilines is 1. The molecule has 0 spiro atoms. The van der Waals surface area contributed by atoms with Gasteiger partial charge in [-0.05, 0) is 17.7 Å². The molecule has 1 heterocycles. The Morgan fingerprint density at radius 2 is 1.95 bits per heavy atom. The van der Waals surface area contributed by atoms with Gasteiger partial charge in [0.1, 0.15) is 0 Å². The Kier molecular flexibility index (Phi) is 4.22. The summed E-state index contributed by atoms with van der Waals surface area (Å²) in [5.41, 5.74) is -0.210. The normalized spacial score (nSPS) is 10.2. The fourth-order valence-electron chi connectivity index (χ4n) is 1.71. The first-order chi connectivity index (χ1) is 9.97. The van der Waals surface area contributed by atoms with E-state index in [9.17, 15) is 18.4 Å². The van der Waals surface area contributed by atoms with Crippen molar-refractivity contribution in [3.05, 3.63) is 59.4 Å². The maximum atomic E-state index is 13.2. The van der Waals surface area contributed by atoms with Crippen LogP contribution in [0.4, 0.5) is 14.5 Å². The number of carboxylic acids is 1. The van der Waals surface area contributed by atoms with Gasteiger partial charge in [-0.25, -0.2) is 13.6 Å². The van der Waals surface area contributed by atoms with Crippen molar-refractivity contribution in [1.29, 1.82) is 0 Å². The molecule has 0 aliphatic carbocycles. The Bertz CT molecular complexity index is 690. The van der Waals surface area contributed by atoms with Gasteiger partial charge in [0, 0.05) is 18.5 Å². The highest BCUT2D eigenvalue weighted by atomic mass is 19.2. The summed E-state index contributed by atoms with van der Waals surface area (Å²) in [7, 11) is 0. The molecular formula is C14H10F2N2O3. The zero-order chi connectivity index (χ0) is 15.4. The van der Waals surface area contributed by atoms with Crippen LogP contribution in [0.2, 0.25) is 0 Å². The molecule has 2 N–H and O–H groups in total. The maximum absolute atomic E-state index is 13.2. The van der Waals surface area contributed by atoms with E-state index in [4.69, 9.17) is 5.11 Å². The van der Waals surface area contributed by atoms with Crippen molar-refractivity contribution in [3.8, 4) is 0 Å². The predicted molar refractivity (Wildman–Crippen MR) is 69.9 cm³/mol. The fraction of sp³-hybridized carbons (Fsp3) is 0.0714. The van der Waals surface area contributed by atoms with Gasteiger partial charge < -0.3 is 10.4 Å². The molecule has 2 rings (SSSR count). The average Bonchev–Trinajstić information content (AvgIpc) is 2.43. The second-order valence-corrected chi connectivity index (χ2v) is 4.20. The van der Waals surface area contributed by atoms with Crippen molar-refractivity contribution < 1.29 is 23.5 Å². The second-order valence-electron chi connectivity index (χ2n) is 4.20. The SMILES string of the molecule is O=C(Cc1cccnc1)Nc1cc(F)c(F)cc1C(=O)O. The van der Waals surface area contributed by atoms with E-state index in [2.05, 4.69) is 10.3 Å². The monoisotopic (exact) mass is 292 g/mol. The second kappa shape index (κ2) is 6.08. The van der Waals surface area contributed by atoms with Crippen LogP contribution in [0.1, 0.15) is 15.9 Å². The molecule has 0 aliphatic rings. The van der Waals surface area contributed by atoms with E-state index in [0.717, 1.165) is 0 Å². The minimum Gasteiger partial charge on any atom is -0.478 e. The lowest BCUT2D eigenvalue weighted by molar-refractivity contribution is -0.115. The third kappa shape index (κ3) is 3.59. The molecule has 1 aromatic carbocycles. The predicted octanol–water partition coefficient (Wildman–Crippen LogP) is 2.24. The van der Waals surface area contributed by atoms with Gasteiger partial charge in [-0.1, -0.05) is 6.07 Å². The molecule has 5 nitrogen and oxygen atoms in total. The van der Waals surface area contributed by atoms with E-state index < -0.39 is 29.1 Å². The summed E-state index contributed by atoms with van der Waals surface area (Å²) < 4.78 is 26.2. The molecular weight excluding hydrogens is 282 g/mol.